The fourth-order valence-corrected chi connectivity index (χ4v) is 2.77. The number of carbonyl (C=O) groups is 1. The van der Waals surface area contributed by atoms with Gasteiger partial charge in [-0.3, -0.25) is 4.79 Å². The zero-order chi connectivity index (χ0) is 12.1. The van der Waals surface area contributed by atoms with Gasteiger partial charge in [0.25, 0.3) is 5.91 Å². The molecule has 0 spiro atoms. The van der Waals surface area contributed by atoms with E-state index in [-0.39, 0.29) is 5.91 Å². The van der Waals surface area contributed by atoms with E-state index in [2.05, 4.69) is 10.6 Å². The molecule has 0 bridgehead atoms. The molecule has 0 aliphatic carbocycles. The maximum Gasteiger partial charge on any atom is 0.261 e. The van der Waals surface area contributed by atoms with Crippen LogP contribution in [-0.2, 0) is 0 Å². The van der Waals surface area contributed by atoms with Gasteiger partial charge >= 0.3 is 0 Å². The Morgan fingerprint density at radius 3 is 3.24 bits per heavy atom. The molecule has 94 valence electrons. The van der Waals surface area contributed by atoms with Gasteiger partial charge in [-0.05, 0) is 25.8 Å². The van der Waals surface area contributed by atoms with Crippen molar-refractivity contribution in [3.8, 4) is 5.75 Å². The lowest BCUT2D eigenvalue weighted by Gasteiger charge is -2.09. The van der Waals surface area contributed by atoms with Gasteiger partial charge in [0.05, 0.1) is 12.0 Å². The first-order chi connectivity index (χ1) is 8.29. The molecule has 5 heteroatoms. The number of carbonyl (C=O) groups excluding carboxylic acids is 1. The van der Waals surface area contributed by atoms with E-state index in [4.69, 9.17) is 4.74 Å². The molecule has 1 aliphatic heterocycles. The summed E-state index contributed by atoms with van der Waals surface area (Å²) in [4.78, 5) is 12.5. The second-order valence-electron chi connectivity index (χ2n) is 4.19. The highest BCUT2D eigenvalue weighted by atomic mass is 32.1. The molecular weight excluding hydrogens is 236 g/mol. The standard InChI is InChI=1S/C12H18N2O2S/c1-16-10-7-11(17-8-10)12(15)14-6-4-9-3-2-5-13-9/h7-9,13H,2-6H2,1H3,(H,14,15)/t9-/m0/s1. The Labute approximate surface area is 105 Å². The number of hydrogen-bond acceptors (Lipinski definition) is 4. The third-order valence-corrected chi connectivity index (χ3v) is 3.88. The maximum atomic E-state index is 11.8. The van der Waals surface area contributed by atoms with Crippen molar-refractivity contribution < 1.29 is 9.53 Å². The zero-order valence-electron chi connectivity index (χ0n) is 9.99. The van der Waals surface area contributed by atoms with Gasteiger partial charge in [-0.1, -0.05) is 0 Å². The van der Waals surface area contributed by atoms with Gasteiger partial charge in [0.15, 0.2) is 0 Å². The molecule has 2 N–H and O–H groups in total. The lowest BCUT2D eigenvalue weighted by atomic mass is 10.1. The summed E-state index contributed by atoms with van der Waals surface area (Å²) in [5, 5.41) is 8.19. The summed E-state index contributed by atoms with van der Waals surface area (Å²) in [5.74, 6) is 0.744. The van der Waals surface area contributed by atoms with Crippen molar-refractivity contribution >= 4 is 17.2 Å². The molecule has 2 rings (SSSR count). The van der Waals surface area contributed by atoms with Crippen LogP contribution in [0.4, 0.5) is 0 Å². The summed E-state index contributed by atoms with van der Waals surface area (Å²) < 4.78 is 5.05. The smallest absolute Gasteiger partial charge is 0.261 e. The van der Waals surface area contributed by atoms with E-state index in [1.165, 1.54) is 24.2 Å². The average Bonchev–Trinajstić information content (AvgIpc) is 2.99. The normalized spacial score (nSPS) is 19.2. The van der Waals surface area contributed by atoms with Crippen LogP contribution in [0, 0.1) is 0 Å². The van der Waals surface area contributed by atoms with Crippen molar-refractivity contribution in [3.05, 3.63) is 16.3 Å². The molecular formula is C12H18N2O2S. The van der Waals surface area contributed by atoms with Crippen LogP contribution in [0.15, 0.2) is 11.4 Å². The molecule has 1 aliphatic rings. The molecule has 0 saturated carbocycles. The third-order valence-electron chi connectivity index (χ3n) is 2.98. The number of nitrogens with one attached hydrogen (secondary N) is 2. The number of hydrogen-bond donors (Lipinski definition) is 2. The van der Waals surface area contributed by atoms with Gasteiger partial charge in [-0.25, -0.2) is 0 Å². The first-order valence-corrected chi connectivity index (χ1v) is 6.81. The van der Waals surface area contributed by atoms with Gasteiger partial charge in [0.1, 0.15) is 5.75 Å². The topological polar surface area (TPSA) is 50.4 Å². The van der Waals surface area contributed by atoms with E-state index in [1.54, 1.807) is 13.2 Å². The highest BCUT2D eigenvalue weighted by Gasteiger charge is 2.14. The van der Waals surface area contributed by atoms with Gasteiger partial charge < -0.3 is 15.4 Å². The number of rotatable bonds is 5. The van der Waals surface area contributed by atoms with Crippen molar-refractivity contribution in [1.29, 1.82) is 0 Å². The van der Waals surface area contributed by atoms with Crippen molar-refractivity contribution in [2.75, 3.05) is 20.2 Å². The Kier molecular flexibility index (Phi) is 4.39. The predicted molar refractivity (Wildman–Crippen MR) is 68.8 cm³/mol. The van der Waals surface area contributed by atoms with Gasteiger partial charge in [0.2, 0.25) is 0 Å². The molecule has 4 nitrogen and oxygen atoms in total. The number of ether oxygens (including phenoxy) is 1. The van der Waals surface area contributed by atoms with Crippen molar-refractivity contribution in [2.45, 2.75) is 25.3 Å². The van der Waals surface area contributed by atoms with E-state index < -0.39 is 0 Å². The van der Waals surface area contributed by atoms with E-state index in [0.29, 0.717) is 10.9 Å². The van der Waals surface area contributed by atoms with Crippen molar-refractivity contribution in [2.24, 2.45) is 0 Å². The summed E-state index contributed by atoms with van der Waals surface area (Å²) in [6.07, 6.45) is 3.48. The van der Waals surface area contributed by atoms with Crippen molar-refractivity contribution in [1.82, 2.24) is 10.6 Å². The lowest BCUT2D eigenvalue weighted by molar-refractivity contribution is 0.0956. The Hall–Kier alpha value is -1.07. The quantitative estimate of drug-likeness (QED) is 0.839. The zero-order valence-corrected chi connectivity index (χ0v) is 10.8. The highest BCUT2D eigenvalue weighted by Crippen LogP contribution is 2.20. The van der Waals surface area contributed by atoms with Crippen LogP contribution in [0.25, 0.3) is 0 Å². The van der Waals surface area contributed by atoms with E-state index in [1.807, 2.05) is 5.38 Å². The van der Waals surface area contributed by atoms with E-state index in [9.17, 15) is 4.79 Å². The van der Waals surface area contributed by atoms with Crippen LogP contribution in [0.3, 0.4) is 0 Å². The van der Waals surface area contributed by atoms with Crippen LogP contribution < -0.4 is 15.4 Å². The largest absolute Gasteiger partial charge is 0.496 e. The van der Waals surface area contributed by atoms with Crippen LogP contribution in [-0.4, -0.2) is 32.1 Å². The minimum absolute atomic E-state index is 0.00343. The van der Waals surface area contributed by atoms with Crippen LogP contribution in [0.5, 0.6) is 5.75 Å². The second-order valence-corrected chi connectivity index (χ2v) is 5.10. The lowest BCUT2D eigenvalue weighted by Crippen LogP contribution is -2.30. The molecule has 0 aromatic carbocycles. The summed E-state index contributed by atoms with van der Waals surface area (Å²) in [6, 6.07) is 2.35. The van der Waals surface area contributed by atoms with Crippen LogP contribution in [0.2, 0.25) is 0 Å². The Bertz CT molecular complexity index is 372. The first-order valence-electron chi connectivity index (χ1n) is 5.93. The molecule has 1 amide bonds. The fourth-order valence-electron chi connectivity index (χ4n) is 2.00. The molecule has 1 saturated heterocycles. The SMILES string of the molecule is COc1csc(C(=O)NCC[C@@H]2CCCN2)c1. The van der Waals surface area contributed by atoms with Crippen LogP contribution >= 0.6 is 11.3 Å². The Morgan fingerprint density at radius 2 is 2.59 bits per heavy atom. The molecule has 0 unspecified atom stereocenters. The second kappa shape index (κ2) is 6.02. The van der Waals surface area contributed by atoms with Gasteiger partial charge in [0, 0.05) is 24.0 Å². The Morgan fingerprint density at radius 1 is 1.71 bits per heavy atom. The summed E-state index contributed by atoms with van der Waals surface area (Å²) >= 11 is 1.41. The summed E-state index contributed by atoms with van der Waals surface area (Å²) in [6.45, 7) is 1.84. The monoisotopic (exact) mass is 254 g/mol. The minimum atomic E-state index is -0.00343. The predicted octanol–water partition coefficient (Wildman–Crippen LogP) is 1.63. The van der Waals surface area contributed by atoms with Crippen LogP contribution in [0.1, 0.15) is 28.9 Å². The first kappa shape index (κ1) is 12.4. The average molecular weight is 254 g/mol. The fraction of sp³-hybridized carbons (Fsp3) is 0.583. The maximum absolute atomic E-state index is 11.8. The molecule has 1 aromatic rings. The third kappa shape index (κ3) is 3.44. The number of thiophene rings is 1. The van der Waals surface area contributed by atoms with E-state index in [0.717, 1.165) is 25.3 Å². The Balaban J connectivity index is 1.72. The molecule has 2 heterocycles. The molecule has 1 aromatic heterocycles. The minimum Gasteiger partial charge on any atom is -0.496 e. The molecule has 1 fully saturated rings. The van der Waals surface area contributed by atoms with Gasteiger partial charge in [-0.15, -0.1) is 11.3 Å². The summed E-state index contributed by atoms with van der Waals surface area (Å²) in [5.41, 5.74) is 0. The molecule has 0 radical (unpaired) electrons. The summed E-state index contributed by atoms with van der Waals surface area (Å²) in [7, 11) is 1.61. The number of amides is 1. The highest BCUT2D eigenvalue weighted by molar-refractivity contribution is 7.12. The number of methoxy groups -OCH3 is 1. The van der Waals surface area contributed by atoms with E-state index >= 15 is 0 Å². The molecule has 17 heavy (non-hydrogen) atoms. The van der Waals surface area contributed by atoms with Gasteiger partial charge in [-0.2, -0.15) is 0 Å². The molecule has 1 atom stereocenters. The van der Waals surface area contributed by atoms with Crippen molar-refractivity contribution in [3.63, 3.8) is 0 Å².